The number of ether oxygens (including phenoxy) is 1. The highest BCUT2D eigenvalue weighted by molar-refractivity contribution is 5.43. The first-order chi connectivity index (χ1) is 10.4. The first-order valence-electron chi connectivity index (χ1n) is 6.53. The van der Waals surface area contributed by atoms with E-state index < -0.39 is 0 Å². The molecule has 106 valence electrons. The molecule has 0 aliphatic carbocycles. The van der Waals surface area contributed by atoms with E-state index in [0.29, 0.717) is 6.54 Å². The highest BCUT2D eigenvalue weighted by atomic mass is 16.5. The van der Waals surface area contributed by atoms with Crippen molar-refractivity contribution < 1.29 is 4.74 Å². The van der Waals surface area contributed by atoms with Crippen LogP contribution >= 0.6 is 0 Å². The number of nitrogens with zero attached hydrogens (tertiary/aromatic N) is 4. The zero-order chi connectivity index (χ0) is 14.5. The second-order valence-corrected chi connectivity index (χ2v) is 4.40. The molecule has 3 rings (SSSR count). The number of methoxy groups -OCH3 is 1. The van der Waals surface area contributed by atoms with Crippen LogP contribution in [0.15, 0.2) is 55.4 Å². The Morgan fingerprint density at radius 2 is 2.14 bits per heavy atom. The van der Waals surface area contributed by atoms with E-state index in [1.54, 1.807) is 19.6 Å². The highest BCUT2D eigenvalue weighted by Gasteiger charge is 2.03. The van der Waals surface area contributed by atoms with Crippen LogP contribution in [0.1, 0.15) is 5.56 Å². The van der Waals surface area contributed by atoms with Crippen LogP contribution in [-0.4, -0.2) is 26.6 Å². The molecule has 1 N–H and O–H groups in total. The van der Waals surface area contributed by atoms with Gasteiger partial charge in [0, 0.05) is 30.6 Å². The van der Waals surface area contributed by atoms with Crippen molar-refractivity contribution in [3.8, 4) is 11.6 Å². The summed E-state index contributed by atoms with van der Waals surface area (Å²) in [7, 11) is 1.67. The average molecular weight is 281 g/mol. The second kappa shape index (κ2) is 6.04. The zero-order valence-corrected chi connectivity index (χ0v) is 11.6. The number of aromatic nitrogens is 4. The summed E-state index contributed by atoms with van der Waals surface area (Å²) in [4.78, 5) is 12.5. The van der Waals surface area contributed by atoms with Crippen LogP contribution in [0.25, 0.3) is 5.82 Å². The molecule has 2 heterocycles. The number of rotatable bonds is 5. The van der Waals surface area contributed by atoms with Gasteiger partial charge in [-0.25, -0.2) is 15.0 Å². The Balaban J connectivity index is 1.75. The minimum atomic E-state index is 0.629. The fourth-order valence-corrected chi connectivity index (χ4v) is 2.01. The standard InChI is InChI=1S/C15H15N5O/c1-21-13-5-3-2-4-12(13)9-17-14-8-15(19-10-18-14)20-7-6-16-11-20/h2-8,10-11H,9H2,1H3,(H,17,18,19). The van der Waals surface area contributed by atoms with Gasteiger partial charge in [-0.1, -0.05) is 18.2 Å². The van der Waals surface area contributed by atoms with Crippen molar-refractivity contribution in [1.29, 1.82) is 0 Å². The molecule has 0 atom stereocenters. The van der Waals surface area contributed by atoms with E-state index in [2.05, 4.69) is 20.3 Å². The van der Waals surface area contributed by atoms with Gasteiger partial charge in [-0.2, -0.15) is 0 Å². The molecule has 0 radical (unpaired) electrons. The van der Waals surface area contributed by atoms with Crippen molar-refractivity contribution in [1.82, 2.24) is 19.5 Å². The molecule has 21 heavy (non-hydrogen) atoms. The maximum absolute atomic E-state index is 5.33. The molecule has 3 aromatic rings. The lowest BCUT2D eigenvalue weighted by Gasteiger charge is -2.10. The lowest BCUT2D eigenvalue weighted by molar-refractivity contribution is 0.410. The molecule has 6 nitrogen and oxygen atoms in total. The molecule has 2 aromatic heterocycles. The first-order valence-corrected chi connectivity index (χ1v) is 6.53. The van der Waals surface area contributed by atoms with Gasteiger partial charge in [-0.15, -0.1) is 0 Å². The van der Waals surface area contributed by atoms with Gasteiger partial charge in [0.2, 0.25) is 0 Å². The van der Waals surface area contributed by atoms with Gasteiger partial charge < -0.3 is 10.1 Å². The van der Waals surface area contributed by atoms with Crippen LogP contribution in [-0.2, 0) is 6.54 Å². The molecule has 0 saturated heterocycles. The van der Waals surface area contributed by atoms with Crippen molar-refractivity contribution >= 4 is 5.82 Å². The summed E-state index contributed by atoms with van der Waals surface area (Å²) in [5.74, 6) is 2.37. The maximum atomic E-state index is 5.33. The predicted molar refractivity (Wildman–Crippen MR) is 79.5 cm³/mol. The zero-order valence-electron chi connectivity index (χ0n) is 11.6. The molecule has 0 spiro atoms. The third-order valence-corrected chi connectivity index (χ3v) is 3.07. The SMILES string of the molecule is COc1ccccc1CNc1cc(-n2ccnc2)ncn1. The Morgan fingerprint density at radius 3 is 2.95 bits per heavy atom. The molecular formula is C15H15N5O. The lowest BCUT2D eigenvalue weighted by Crippen LogP contribution is -2.05. The minimum Gasteiger partial charge on any atom is -0.496 e. The minimum absolute atomic E-state index is 0.629. The smallest absolute Gasteiger partial charge is 0.143 e. The third-order valence-electron chi connectivity index (χ3n) is 3.07. The van der Waals surface area contributed by atoms with Crippen molar-refractivity contribution in [2.45, 2.75) is 6.54 Å². The normalized spacial score (nSPS) is 10.3. The Labute approximate surface area is 122 Å². The van der Waals surface area contributed by atoms with Crippen molar-refractivity contribution in [3.05, 3.63) is 60.9 Å². The number of benzene rings is 1. The van der Waals surface area contributed by atoms with Crippen LogP contribution < -0.4 is 10.1 Å². The van der Waals surface area contributed by atoms with E-state index in [1.165, 1.54) is 6.33 Å². The summed E-state index contributed by atoms with van der Waals surface area (Å²) in [5.41, 5.74) is 1.07. The highest BCUT2D eigenvalue weighted by Crippen LogP contribution is 2.18. The van der Waals surface area contributed by atoms with Crippen molar-refractivity contribution in [2.24, 2.45) is 0 Å². The number of anilines is 1. The summed E-state index contributed by atoms with van der Waals surface area (Å²) in [5, 5.41) is 3.27. The molecular weight excluding hydrogens is 266 g/mol. The Morgan fingerprint density at radius 1 is 1.24 bits per heavy atom. The Hall–Kier alpha value is -2.89. The first kappa shape index (κ1) is 13.1. The van der Waals surface area contributed by atoms with Crippen molar-refractivity contribution in [3.63, 3.8) is 0 Å². The second-order valence-electron chi connectivity index (χ2n) is 4.40. The van der Waals surface area contributed by atoms with E-state index in [1.807, 2.05) is 41.1 Å². The van der Waals surface area contributed by atoms with E-state index in [9.17, 15) is 0 Å². The number of nitrogens with one attached hydrogen (secondary N) is 1. The van der Waals surface area contributed by atoms with Gasteiger partial charge in [-0.05, 0) is 6.07 Å². The summed E-state index contributed by atoms with van der Waals surface area (Å²) in [6.45, 7) is 0.629. The maximum Gasteiger partial charge on any atom is 0.143 e. The number of hydrogen-bond acceptors (Lipinski definition) is 5. The molecule has 0 bridgehead atoms. The van der Waals surface area contributed by atoms with Crippen LogP contribution in [0.4, 0.5) is 5.82 Å². The molecule has 0 amide bonds. The van der Waals surface area contributed by atoms with Gasteiger partial charge in [-0.3, -0.25) is 4.57 Å². The van der Waals surface area contributed by atoms with Gasteiger partial charge >= 0.3 is 0 Å². The fourth-order valence-electron chi connectivity index (χ4n) is 2.01. The topological polar surface area (TPSA) is 64.9 Å². The summed E-state index contributed by atoms with van der Waals surface area (Å²) in [6.07, 6.45) is 6.78. The summed E-state index contributed by atoms with van der Waals surface area (Å²) < 4.78 is 7.16. The monoisotopic (exact) mass is 281 g/mol. The van der Waals surface area contributed by atoms with Crippen LogP contribution in [0, 0.1) is 0 Å². The quantitative estimate of drug-likeness (QED) is 0.777. The fraction of sp³-hybridized carbons (Fsp3) is 0.133. The van der Waals surface area contributed by atoms with E-state index in [4.69, 9.17) is 4.74 Å². The molecule has 0 fully saturated rings. The van der Waals surface area contributed by atoms with E-state index in [-0.39, 0.29) is 0 Å². The number of imidazole rings is 1. The van der Waals surface area contributed by atoms with E-state index in [0.717, 1.165) is 22.9 Å². The summed E-state index contributed by atoms with van der Waals surface area (Å²) >= 11 is 0. The predicted octanol–water partition coefficient (Wildman–Crippen LogP) is 2.28. The molecule has 1 aromatic carbocycles. The van der Waals surface area contributed by atoms with Crippen LogP contribution in [0.3, 0.4) is 0 Å². The molecule has 0 aliphatic heterocycles. The number of para-hydroxylation sites is 1. The van der Waals surface area contributed by atoms with Gasteiger partial charge in [0.1, 0.15) is 30.0 Å². The van der Waals surface area contributed by atoms with Gasteiger partial charge in [0.05, 0.1) is 7.11 Å². The third kappa shape index (κ3) is 3.00. The molecule has 0 aliphatic rings. The van der Waals surface area contributed by atoms with Crippen LogP contribution in [0.5, 0.6) is 5.75 Å². The molecule has 0 saturated carbocycles. The summed E-state index contributed by atoms with van der Waals surface area (Å²) in [6, 6.07) is 9.76. The van der Waals surface area contributed by atoms with Crippen LogP contribution in [0.2, 0.25) is 0 Å². The lowest BCUT2D eigenvalue weighted by atomic mass is 10.2. The largest absolute Gasteiger partial charge is 0.496 e. The molecule has 0 unspecified atom stereocenters. The Kier molecular flexibility index (Phi) is 3.77. The average Bonchev–Trinajstić information content (AvgIpc) is 3.08. The molecule has 6 heteroatoms. The van der Waals surface area contributed by atoms with Gasteiger partial charge in [0.25, 0.3) is 0 Å². The van der Waals surface area contributed by atoms with Crippen molar-refractivity contribution in [2.75, 3.05) is 12.4 Å². The van der Waals surface area contributed by atoms with Gasteiger partial charge in [0.15, 0.2) is 0 Å². The Bertz CT molecular complexity index is 712. The number of hydrogen-bond donors (Lipinski definition) is 1. The van der Waals surface area contributed by atoms with E-state index >= 15 is 0 Å².